The predicted octanol–water partition coefficient (Wildman–Crippen LogP) is 3.22. The summed E-state index contributed by atoms with van der Waals surface area (Å²) in [5.74, 6) is -0.123. The number of anilines is 2. The number of sulfonamides is 1. The van der Waals surface area contributed by atoms with Crippen molar-refractivity contribution in [1.29, 1.82) is 0 Å². The number of amides is 1. The smallest absolute Gasteiger partial charge is 0.248 e. The van der Waals surface area contributed by atoms with Gasteiger partial charge in [-0.3, -0.25) is 9.10 Å². The fourth-order valence-corrected chi connectivity index (χ4v) is 5.09. The zero-order valence-electron chi connectivity index (χ0n) is 15.8. The van der Waals surface area contributed by atoms with E-state index in [0.717, 1.165) is 10.0 Å². The van der Waals surface area contributed by atoms with Gasteiger partial charge in [0.15, 0.2) is 0 Å². The number of nitrogens with zero attached hydrogens (tertiary/aromatic N) is 4. The second kappa shape index (κ2) is 8.41. The van der Waals surface area contributed by atoms with Gasteiger partial charge in [-0.15, -0.1) is 0 Å². The highest BCUT2D eigenvalue weighted by Crippen LogP contribution is 2.25. The van der Waals surface area contributed by atoms with Gasteiger partial charge in [0.2, 0.25) is 15.9 Å². The molecule has 2 heterocycles. The SMILES string of the molecule is O=C(/C=C/c1ccc(N2CCCS2(=O)=O)cc1)Nc1cc(Br)ccc1-n1cncn1. The monoisotopic (exact) mass is 487 g/mol. The molecular formula is C20H18BrN5O3S. The van der Waals surface area contributed by atoms with Crippen molar-refractivity contribution < 1.29 is 13.2 Å². The number of hydrogen-bond acceptors (Lipinski definition) is 5. The van der Waals surface area contributed by atoms with Gasteiger partial charge in [-0.25, -0.2) is 18.1 Å². The lowest BCUT2D eigenvalue weighted by molar-refractivity contribution is -0.111. The third kappa shape index (κ3) is 4.44. The van der Waals surface area contributed by atoms with E-state index in [1.807, 2.05) is 12.1 Å². The van der Waals surface area contributed by atoms with E-state index in [0.29, 0.717) is 30.0 Å². The fourth-order valence-electron chi connectivity index (χ4n) is 3.17. The zero-order valence-corrected chi connectivity index (χ0v) is 18.2. The molecule has 0 unspecified atom stereocenters. The lowest BCUT2D eigenvalue weighted by Crippen LogP contribution is -2.24. The Morgan fingerprint density at radius 2 is 1.97 bits per heavy atom. The van der Waals surface area contributed by atoms with Crippen molar-refractivity contribution >= 4 is 49.3 Å². The third-order valence-electron chi connectivity index (χ3n) is 4.59. The van der Waals surface area contributed by atoms with Crippen molar-refractivity contribution in [3.05, 3.63) is 71.2 Å². The topological polar surface area (TPSA) is 97.2 Å². The molecule has 1 amide bonds. The third-order valence-corrected chi connectivity index (χ3v) is 6.95. The molecule has 4 rings (SSSR count). The Bertz CT molecular complexity index is 1190. The molecule has 0 saturated carbocycles. The van der Waals surface area contributed by atoms with E-state index >= 15 is 0 Å². The van der Waals surface area contributed by atoms with E-state index in [2.05, 4.69) is 31.3 Å². The number of carbonyl (C=O) groups excluding carboxylic acids is 1. The molecule has 0 radical (unpaired) electrons. The van der Waals surface area contributed by atoms with Gasteiger partial charge in [0.05, 0.1) is 22.8 Å². The number of halogens is 1. The predicted molar refractivity (Wildman–Crippen MR) is 119 cm³/mol. The largest absolute Gasteiger partial charge is 0.321 e. The summed E-state index contributed by atoms with van der Waals surface area (Å²) in [6.45, 7) is 0.501. The van der Waals surface area contributed by atoms with E-state index in [-0.39, 0.29) is 11.7 Å². The van der Waals surface area contributed by atoms with Crippen molar-refractivity contribution in [1.82, 2.24) is 14.8 Å². The molecule has 8 nitrogen and oxygen atoms in total. The van der Waals surface area contributed by atoms with Crippen LogP contribution in [0.1, 0.15) is 12.0 Å². The zero-order chi connectivity index (χ0) is 21.1. The first-order valence-electron chi connectivity index (χ1n) is 9.16. The van der Waals surface area contributed by atoms with Crippen LogP contribution in [0.3, 0.4) is 0 Å². The summed E-state index contributed by atoms with van der Waals surface area (Å²) >= 11 is 3.41. The highest BCUT2D eigenvalue weighted by Gasteiger charge is 2.28. The molecule has 3 aromatic rings. The molecule has 10 heteroatoms. The van der Waals surface area contributed by atoms with Crippen LogP contribution in [0.2, 0.25) is 0 Å². The first kappa shape index (κ1) is 20.3. The van der Waals surface area contributed by atoms with E-state index in [1.54, 1.807) is 47.4 Å². The summed E-state index contributed by atoms with van der Waals surface area (Å²) in [7, 11) is -3.20. The highest BCUT2D eigenvalue weighted by atomic mass is 79.9. The van der Waals surface area contributed by atoms with Gasteiger partial charge in [-0.2, -0.15) is 5.10 Å². The molecule has 1 saturated heterocycles. The maximum atomic E-state index is 12.4. The number of nitrogens with one attached hydrogen (secondary N) is 1. The minimum Gasteiger partial charge on any atom is -0.321 e. The molecular weight excluding hydrogens is 470 g/mol. The Labute approximate surface area is 182 Å². The van der Waals surface area contributed by atoms with E-state index in [4.69, 9.17) is 0 Å². The average Bonchev–Trinajstić information content (AvgIpc) is 3.36. The highest BCUT2D eigenvalue weighted by molar-refractivity contribution is 9.10. The molecule has 1 N–H and O–H groups in total. The maximum Gasteiger partial charge on any atom is 0.248 e. The molecule has 1 aromatic heterocycles. The number of rotatable bonds is 5. The Morgan fingerprint density at radius 1 is 1.17 bits per heavy atom. The Hall–Kier alpha value is -2.98. The van der Waals surface area contributed by atoms with E-state index in [9.17, 15) is 13.2 Å². The average molecular weight is 488 g/mol. The van der Waals surface area contributed by atoms with Crippen LogP contribution in [0.5, 0.6) is 0 Å². The Morgan fingerprint density at radius 3 is 2.63 bits per heavy atom. The Kier molecular flexibility index (Phi) is 5.69. The normalized spacial score (nSPS) is 15.6. The molecule has 0 atom stereocenters. The number of benzene rings is 2. The number of aromatic nitrogens is 3. The van der Waals surface area contributed by atoms with Crippen LogP contribution in [0.4, 0.5) is 11.4 Å². The minimum atomic E-state index is -3.20. The first-order chi connectivity index (χ1) is 14.4. The van der Waals surface area contributed by atoms with Gasteiger partial charge in [0.1, 0.15) is 12.7 Å². The summed E-state index contributed by atoms with van der Waals surface area (Å²) in [6, 6.07) is 12.5. The van der Waals surface area contributed by atoms with Crippen LogP contribution < -0.4 is 9.62 Å². The molecule has 0 aliphatic carbocycles. The van der Waals surface area contributed by atoms with Gasteiger partial charge in [0.25, 0.3) is 0 Å². The van der Waals surface area contributed by atoms with Crippen LogP contribution in [-0.4, -0.2) is 41.4 Å². The van der Waals surface area contributed by atoms with Crippen molar-refractivity contribution in [3.8, 4) is 5.69 Å². The molecule has 154 valence electrons. The summed E-state index contributed by atoms with van der Waals surface area (Å²) in [5, 5.41) is 6.95. The maximum absolute atomic E-state index is 12.4. The van der Waals surface area contributed by atoms with Gasteiger partial charge >= 0.3 is 0 Å². The number of carbonyl (C=O) groups is 1. The lowest BCUT2D eigenvalue weighted by atomic mass is 10.2. The van der Waals surface area contributed by atoms with Crippen LogP contribution in [0.25, 0.3) is 11.8 Å². The summed E-state index contributed by atoms with van der Waals surface area (Å²) in [6.07, 6.45) is 6.70. The van der Waals surface area contributed by atoms with Crippen LogP contribution >= 0.6 is 15.9 Å². The lowest BCUT2D eigenvalue weighted by Gasteiger charge is -2.16. The first-order valence-corrected chi connectivity index (χ1v) is 11.6. The van der Waals surface area contributed by atoms with Crippen molar-refractivity contribution in [2.24, 2.45) is 0 Å². The van der Waals surface area contributed by atoms with Gasteiger partial charge in [0, 0.05) is 17.1 Å². The van der Waals surface area contributed by atoms with Crippen molar-refractivity contribution in [2.75, 3.05) is 21.9 Å². The molecule has 1 fully saturated rings. The fraction of sp³-hybridized carbons (Fsp3) is 0.150. The van der Waals surface area contributed by atoms with Crippen LogP contribution in [0, 0.1) is 0 Å². The van der Waals surface area contributed by atoms with Gasteiger partial charge in [-0.1, -0.05) is 28.1 Å². The van der Waals surface area contributed by atoms with E-state index < -0.39 is 10.0 Å². The molecule has 0 bridgehead atoms. The molecule has 1 aliphatic rings. The summed E-state index contributed by atoms with van der Waals surface area (Å²) in [5.41, 5.74) is 2.70. The van der Waals surface area contributed by atoms with Gasteiger partial charge < -0.3 is 5.32 Å². The molecule has 0 spiro atoms. The second-order valence-corrected chi connectivity index (χ2v) is 9.59. The molecule has 2 aromatic carbocycles. The minimum absolute atomic E-state index is 0.182. The van der Waals surface area contributed by atoms with Crippen LogP contribution in [0.15, 0.2) is 65.7 Å². The van der Waals surface area contributed by atoms with Gasteiger partial charge in [-0.05, 0) is 48.4 Å². The standard InChI is InChI=1S/C20H18BrN5O3S/c21-16-5-8-19(25-14-22-13-23-25)18(12-16)24-20(27)9-4-15-2-6-17(7-3-15)26-10-1-11-30(26,28)29/h2-9,12-14H,1,10-11H2,(H,24,27)/b9-4+. The summed E-state index contributed by atoms with van der Waals surface area (Å²) in [4.78, 5) is 16.4. The van der Waals surface area contributed by atoms with Crippen molar-refractivity contribution in [3.63, 3.8) is 0 Å². The summed E-state index contributed by atoms with van der Waals surface area (Å²) < 4.78 is 27.8. The second-order valence-electron chi connectivity index (χ2n) is 6.66. The van der Waals surface area contributed by atoms with E-state index in [1.165, 1.54) is 16.7 Å². The number of hydrogen-bond donors (Lipinski definition) is 1. The molecule has 1 aliphatic heterocycles. The van der Waals surface area contributed by atoms with Crippen molar-refractivity contribution in [2.45, 2.75) is 6.42 Å². The molecule has 30 heavy (non-hydrogen) atoms. The Balaban J connectivity index is 1.47. The quantitative estimate of drug-likeness (QED) is 0.557. The van der Waals surface area contributed by atoms with Crippen LogP contribution in [-0.2, 0) is 14.8 Å².